The van der Waals surface area contributed by atoms with Gasteiger partial charge in [0, 0.05) is 37.0 Å². The molecule has 2 aromatic heterocycles. The summed E-state index contributed by atoms with van der Waals surface area (Å²) in [6.07, 6.45) is 3.74. The lowest BCUT2D eigenvalue weighted by atomic mass is 9.91. The molecule has 1 amide bonds. The third-order valence-corrected chi connectivity index (χ3v) is 6.30. The van der Waals surface area contributed by atoms with Crippen molar-refractivity contribution in [2.75, 3.05) is 24.3 Å². The molecule has 1 aliphatic rings. The molecule has 2 N–H and O–H groups in total. The van der Waals surface area contributed by atoms with E-state index in [4.69, 9.17) is 14.4 Å². The zero-order chi connectivity index (χ0) is 23.8. The number of aromatic nitrogens is 2. The van der Waals surface area contributed by atoms with Crippen LogP contribution in [0.25, 0.3) is 10.9 Å². The lowest BCUT2D eigenvalue weighted by Crippen LogP contribution is -2.40. The SMILES string of the molecule is Cc1oc(C(C)(C)C)cc1C(=O)NC1CCC(Nc2nc(N(C)C)c3ccccc3n2)CC1. The topological polar surface area (TPSA) is 83.3 Å². The van der Waals surface area contributed by atoms with Crippen molar-refractivity contribution in [2.24, 2.45) is 0 Å². The molecule has 0 unspecified atom stereocenters. The highest BCUT2D eigenvalue weighted by Gasteiger charge is 2.27. The van der Waals surface area contributed by atoms with E-state index in [1.807, 2.05) is 50.2 Å². The second kappa shape index (κ2) is 9.04. The van der Waals surface area contributed by atoms with Crippen molar-refractivity contribution in [1.82, 2.24) is 15.3 Å². The largest absolute Gasteiger partial charge is 0.465 e. The molecule has 0 atom stereocenters. The number of hydrogen-bond donors (Lipinski definition) is 2. The van der Waals surface area contributed by atoms with Crippen LogP contribution in [0.4, 0.5) is 11.8 Å². The van der Waals surface area contributed by atoms with Crippen molar-refractivity contribution in [3.63, 3.8) is 0 Å². The lowest BCUT2D eigenvalue weighted by molar-refractivity contribution is 0.0925. The zero-order valence-electron chi connectivity index (χ0n) is 20.5. The molecule has 2 heterocycles. The fourth-order valence-electron chi connectivity index (χ4n) is 4.37. The van der Waals surface area contributed by atoms with E-state index in [2.05, 4.69) is 37.5 Å². The third-order valence-electron chi connectivity index (χ3n) is 6.30. The number of rotatable bonds is 5. The molecule has 1 aliphatic carbocycles. The molecule has 0 bridgehead atoms. The van der Waals surface area contributed by atoms with Gasteiger partial charge in [-0.25, -0.2) is 4.98 Å². The molecule has 7 heteroatoms. The normalized spacial score (nSPS) is 18.8. The second-order valence-electron chi connectivity index (χ2n) is 10.3. The third kappa shape index (κ3) is 5.13. The van der Waals surface area contributed by atoms with Crippen molar-refractivity contribution in [1.29, 1.82) is 0 Å². The molecule has 0 saturated heterocycles. The number of hydrogen-bond acceptors (Lipinski definition) is 6. The molecule has 3 aromatic rings. The molecule has 176 valence electrons. The van der Waals surface area contributed by atoms with Crippen LogP contribution in [0.3, 0.4) is 0 Å². The highest BCUT2D eigenvalue weighted by Crippen LogP contribution is 2.29. The van der Waals surface area contributed by atoms with Crippen LogP contribution in [0.1, 0.15) is 68.3 Å². The Bertz CT molecular complexity index is 1140. The van der Waals surface area contributed by atoms with Crippen molar-refractivity contribution in [3.8, 4) is 0 Å². The van der Waals surface area contributed by atoms with Gasteiger partial charge in [0.25, 0.3) is 5.91 Å². The summed E-state index contributed by atoms with van der Waals surface area (Å²) in [6.45, 7) is 8.11. The van der Waals surface area contributed by atoms with Gasteiger partial charge in [0.2, 0.25) is 5.95 Å². The average molecular weight is 450 g/mol. The molecule has 0 aliphatic heterocycles. The summed E-state index contributed by atoms with van der Waals surface area (Å²) >= 11 is 0. The van der Waals surface area contributed by atoms with Gasteiger partial charge in [0.05, 0.1) is 11.1 Å². The minimum Gasteiger partial charge on any atom is -0.465 e. The number of amides is 1. The summed E-state index contributed by atoms with van der Waals surface area (Å²) in [6, 6.07) is 10.4. The van der Waals surface area contributed by atoms with Crippen molar-refractivity contribution >= 4 is 28.6 Å². The minimum absolute atomic E-state index is 0.0448. The van der Waals surface area contributed by atoms with Crippen LogP contribution in [0, 0.1) is 6.92 Å². The highest BCUT2D eigenvalue weighted by molar-refractivity contribution is 5.95. The predicted octanol–water partition coefficient (Wildman–Crippen LogP) is 5.05. The van der Waals surface area contributed by atoms with Gasteiger partial charge in [0.1, 0.15) is 17.3 Å². The van der Waals surface area contributed by atoms with Crippen LogP contribution in [0.5, 0.6) is 0 Å². The Morgan fingerprint density at radius 2 is 1.73 bits per heavy atom. The van der Waals surface area contributed by atoms with E-state index in [9.17, 15) is 4.79 Å². The molecule has 0 radical (unpaired) electrons. The maximum absolute atomic E-state index is 12.9. The molecule has 4 rings (SSSR count). The minimum atomic E-state index is -0.121. The summed E-state index contributed by atoms with van der Waals surface area (Å²) in [7, 11) is 4.00. The summed E-state index contributed by atoms with van der Waals surface area (Å²) < 4.78 is 5.84. The number of furan rings is 1. The van der Waals surface area contributed by atoms with Gasteiger partial charge < -0.3 is 20.0 Å². The first-order valence-corrected chi connectivity index (χ1v) is 11.7. The predicted molar refractivity (Wildman–Crippen MR) is 133 cm³/mol. The maximum Gasteiger partial charge on any atom is 0.255 e. The number of carbonyl (C=O) groups excluding carboxylic acids is 1. The Labute approximate surface area is 196 Å². The fraction of sp³-hybridized carbons (Fsp3) is 0.500. The lowest BCUT2D eigenvalue weighted by Gasteiger charge is -2.30. The number of anilines is 2. The van der Waals surface area contributed by atoms with Crippen LogP contribution in [0.15, 0.2) is 34.7 Å². The van der Waals surface area contributed by atoms with Crippen molar-refractivity contribution in [2.45, 2.75) is 70.9 Å². The highest BCUT2D eigenvalue weighted by atomic mass is 16.3. The zero-order valence-corrected chi connectivity index (χ0v) is 20.5. The van der Waals surface area contributed by atoms with E-state index in [-0.39, 0.29) is 23.4 Å². The molecule has 1 fully saturated rings. The van der Waals surface area contributed by atoms with Crippen molar-refractivity contribution in [3.05, 3.63) is 47.4 Å². The van der Waals surface area contributed by atoms with Gasteiger partial charge in [-0.2, -0.15) is 4.98 Å². The van der Waals surface area contributed by atoms with Gasteiger partial charge in [0.15, 0.2) is 0 Å². The van der Waals surface area contributed by atoms with Gasteiger partial charge in [-0.05, 0) is 50.8 Å². The van der Waals surface area contributed by atoms with E-state index in [0.29, 0.717) is 17.3 Å². The molecular formula is C26H35N5O2. The summed E-state index contributed by atoms with van der Waals surface area (Å²) in [4.78, 5) is 24.4. The first kappa shape index (κ1) is 23.1. The Hall–Kier alpha value is -3.09. The molecule has 1 aromatic carbocycles. The first-order valence-electron chi connectivity index (χ1n) is 11.7. The smallest absolute Gasteiger partial charge is 0.255 e. The van der Waals surface area contributed by atoms with Crippen LogP contribution >= 0.6 is 0 Å². The number of fused-ring (bicyclic) bond motifs is 1. The Morgan fingerprint density at radius 1 is 1.06 bits per heavy atom. The number of nitrogens with zero attached hydrogens (tertiary/aromatic N) is 3. The number of carbonyl (C=O) groups is 1. The average Bonchev–Trinajstić information content (AvgIpc) is 3.17. The van der Waals surface area contributed by atoms with Crippen LogP contribution in [-0.2, 0) is 5.41 Å². The summed E-state index contributed by atoms with van der Waals surface area (Å²) in [5, 5.41) is 7.78. The number of nitrogens with one attached hydrogen (secondary N) is 2. The molecule has 33 heavy (non-hydrogen) atoms. The first-order chi connectivity index (χ1) is 15.6. The molecule has 1 saturated carbocycles. The van der Waals surface area contributed by atoms with Gasteiger partial charge in [-0.1, -0.05) is 32.9 Å². The number of aryl methyl sites for hydroxylation is 1. The van der Waals surface area contributed by atoms with E-state index >= 15 is 0 Å². The van der Waals surface area contributed by atoms with E-state index in [0.717, 1.165) is 48.2 Å². The second-order valence-corrected chi connectivity index (χ2v) is 10.3. The van der Waals surface area contributed by atoms with Gasteiger partial charge >= 0.3 is 0 Å². The van der Waals surface area contributed by atoms with E-state index in [1.165, 1.54) is 0 Å². The maximum atomic E-state index is 12.9. The monoisotopic (exact) mass is 449 g/mol. The van der Waals surface area contributed by atoms with Crippen LogP contribution in [-0.4, -0.2) is 42.1 Å². The van der Waals surface area contributed by atoms with Gasteiger partial charge in [-0.15, -0.1) is 0 Å². The molecular weight excluding hydrogens is 414 g/mol. The quantitative estimate of drug-likeness (QED) is 0.567. The Morgan fingerprint density at radius 3 is 2.36 bits per heavy atom. The van der Waals surface area contributed by atoms with Crippen LogP contribution in [0.2, 0.25) is 0 Å². The Kier molecular flexibility index (Phi) is 6.32. The van der Waals surface area contributed by atoms with Crippen LogP contribution < -0.4 is 15.5 Å². The Balaban J connectivity index is 1.37. The fourth-order valence-corrected chi connectivity index (χ4v) is 4.37. The summed E-state index contributed by atoms with van der Waals surface area (Å²) in [5.74, 6) is 3.04. The molecule has 7 nitrogen and oxygen atoms in total. The van der Waals surface area contributed by atoms with Gasteiger partial charge in [-0.3, -0.25) is 4.79 Å². The van der Waals surface area contributed by atoms with E-state index < -0.39 is 0 Å². The number of para-hydroxylation sites is 1. The molecule has 0 spiro atoms. The van der Waals surface area contributed by atoms with E-state index in [1.54, 1.807) is 0 Å². The van der Waals surface area contributed by atoms with Crippen molar-refractivity contribution < 1.29 is 9.21 Å². The summed E-state index contributed by atoms with van der Waals surface area (Å²) in [5.41, 5.74) is 1.45. The number of benzene rings is 1. The standard InChI is InChI=1S/C26H35N5O2/c1-16-20(15-22(33-16)26(2,3)4)24(32)27-17-11-13-18(14-12-17)28-25-29-21-10-8-7-9-19(21)23(30-25)31(5)6/h7-10,15,17-18H,11-14H2,1-6H3,(H,27,32)(H,28,29,30).